The zero-order valence-corrected chi connectivity index (χ0v) is 75.9. The summed E-state index contributed by atoms with van der Waals surface area (Å²) < 4.78 is 34.0. The number of aromatic amines is 4. The molecule has 676 valence electrons. The second-order valence-corrected chi connectivity index (χ2v) is 56.6. The highest BCUT2D eigenvalue weighted by atomic mass is 31.2. The molecule has 5 saturated heterocycles. The van der Waals surface area contributed by atoms with Crippen molar-refractivity contribution in [3.8, 4) is 0 Å². The van der Waals surface area contributed by atoms with Gasteiger partial charge in [-0.05, 0) is 155 Å². The molecule has 10 rings (SSSR count). The molecule has 6 aliphatic rings. The van der Waals surface area contributed by atoms with Crippen molar-refractivity contribution in [1.29, 1.82) is 0 Å². The van der Waals surface area contributed by atoms with Crippen LogP contribution < -0.4 is 50.3 Å². The number of nitrogens with zero attached hydrogens (tertiary/aromatic N) is 4. The molecule has 0 aliphatic carbocycles. The maximum absolute atomic E-state index is 12.2. The van der Waals surface area contributed by atoms with Gasteiger partial charge >= 0.3 is 22.8 Å². The van der Waals surface area contributed by atoms with Crippen molar-refractivity contribution in [2.75, 3.05) is 97.5 Å². The molecule has 0 saturated carbocycles. The number of ether oxygens (including phenoxy) is 5. The van der Waals surface area contributed by atoms with E-state index in [1.807, 2.05) is 20.8 Å². The monoisotopic (exact) mass is 1790 g/mol. The molecule has 0 spiro atoms. The van der Waals surface area contributed by atoms with E-state index >= 15 is 0 Å². The first-order valence-electron chi connectivity index (χ1n) is 40.3. The highest BCUT2D eigenvalue weighted by Crippen LogP contribution is 2.45. The van der Waals surface area contributed by atoms with Crippen LogP contribution in [0, 0.1) is 5.92 Å². The Morgan fingerprint density at radius 1 is 0.408 bits per heavy atom. The Morgan fingerprint density at radius 3 is 1.12 bits per heavy atom. The van der Waals surface area contributed by atoms with E-state index in [4.69, 9.17) is 23.7 Å². The second kappa shape index (κ2) is 44.2. The predicted molar refractivity (Wildman–Crippen MR) is 482 cm³/mol. The molecule has 0 radical (unpaired) electrons. The quantitative estimate of drug-likeness (QED) is 0.0196. The van der Waals surface area contributed by atoms with Crippen LogP contribution in [0.5, 0.6) is 0 Å². The summed E-state index contributed by atoms with van der Waals surface area (Å²) >= 11 is 0. The summed E-state index contributed by atoms with van der Waals surface area (Å²) in [6.45, 7) is 28.4. The minimum Gasteiger partial charge on any atom is -0.388 e. The topological polar surface area (TPSA) is 514 Å². The molecule has 4 aromatic heterocycles. The number of aromatic nitrogens is 8. The highest BCUT2D eigenvalue weighted by Gasteiger charge is 2.51. The maximum Gasteiger partial charge on any atom is 0.330 e. The third-order valence-electron chi connectivity index (χ3n) is 21.1. The molecule has 6 aliphatic heterocycles. The predicted octanol–water partition coefficient (Wildman–Crippen LogP) is 0.956. The van der Waals surface area contributed by atoms with Crippen molar-refractivity contribution in [2.24, 2.45) is 5.92 Å². The number of carbonyl (C=O) groups excluding carboxylic acids is 2. The normalized spacial score (nSPS) is 28.8. The van der Waals surface area contributed by atoms with Crippen LogP contribution in [0.25, 0.3) is 0 Å². The zero-order valence-electron chi connectivity index (χ0n) is 71.5. The number of aliphatic hydroxyl groups excluding tert-OH is 10. The fourth-order valence-electron chi connectivity index (χ4n) is 14.2. The van der Waals surface area contributed by atoms with Crippen LogP contribution in [0.15, 0.2) is 100 Å². The molecule has 10 heterocycles. The van der Waals surface area contributed by atoms with Gasteiger partial charge in [0.1, 0.15) is 85.5 Å². The number of aryl methyl sites for hydroxylation is 3. The van der Waals surface area contributed by atoms with Crippen molar-refractivity contribution in [2.45, 2.75) is 227 Å². The van der Waals surface area contributed by atoms with Crippen LogP contribution in [0.4, 0.5) is 0 Å². The van der Waals surface area contributed by atoms with Crippen LogP contribution in [0.1, 0.15) is 125 Å². The zero-order chi connectivity index (χ0) is 90.3. The third-order valence-corrected chi connectivity index (χ3v) is 28.4. The van der Waals surface area contributed by atoms with Crippen LogP contribution >= 0.6 is 34.4 Å². The Balaban J connectivity index is 0.000000233. The molecule has 4 aromatic rings. The summed E-state index contributed by atoms with van der Waals surface area (Å²) in [7, 11) is 0. The van der Waals surface area contributed by atoms with Crippen LogP contribution in [0.3, 0.4) is 0 Å². The lowest BCUT2D eigenvalue weighted by Crippen LogP contribution is -2.48. The Labute approximate surface area is 699 Å². The summed E-state index contributed by atoms with van der Waals surface area (Å²) in [6, 6.07) is 0. The fourth-order valence-corrected chi connectivity index (χ4v) is 19.0. The van der Waals surface area contributed by atoms with E-state index in [0.29, 0.717) is 75.6 Å². The molecule has 21 atom stereocenters. The lowest BCUT2D eigenvalue weighted by molar-refractivity contribution is -0.136. The average molecular weight is 1790 g/mol. The number of rotatable bonds is 30. The minimum absolute atomic E-state index is 0.120. The molecular weight excluding hydrogens is 1650 g/mol. The molecular formula is C81H132N9O25P5. The van der Waals surface area contributed by atoms with E-state index in [1.54, 1.807) is 12.2 Å². The van der Waals surface area contributed by atoms with E-state index in [2.05, 4.69) is 137 Å². The Kier molecular flexibility index (Phi) is 37.9. The van der Waals surface area contributed by atoms with E-state index in [9.17, 15) is 99.0 Å². The van der Waals surface area contributed by atoms with Crippen molar-refractivity contribution >= 4 is 77.7 Å². The molecule has 39 heteroatoms. The molecule has 34 nitrogen and oxygen atoms in total. The van der Waals surface area contributed by atoms with E-state index in [-0.39, 0.29) is 23.2 Å². The first kappa shape index (κ1) is 103. The summed E-state index contributed by atoms with van der Waals surface area (Å²) in [5.74, 6) is -1.66. The van der Waals surface area contributed by atoms with Gasteiger partial charge in [-0.2, -0.15) is 0 Å². The lowest BCUT2D eigenvalue weighted by atomic mass is 9.90. The van der Waals surface area contributed by atoms with Gasteiger partial charge in [0.15, 0.2) is 6.23 Å². The van der Waals surface area contributed by atoms with Crippen LogP contribution in [-0.4, -0.2) is 328 Å². The number of aliphatic hydroxyl groups is 10. The van der Waals surface area contributed by atoms with Crippen molar-refractivity contribution < 1.29 is 84.3 Å². The largest absolute Gasteiger partial charge is 0.388 e. The number of allylic oxidation sites excluding steroid dienone is 2. The molecule has 5 fully saturated rings. The van der Waals surface area contributed by atoms with Crippen molar-refractivity contribution in [3.63, 3.8) is 0 Å². The summed E-state index contributed by atoms with van der Waals surface area (Å²) in [6.07, 6.45) is 22.1. The highest BCUT2D eigenvalue weighted by molar-refractivity contribution is 7.73. The number of imide groups is 1. The molecule has 0 bridgehead atoms. The van der Waals surface area contributed by atoms with Gasteiger partial charge in [-0.25, -0.2) is 19.2 Å². The van der Waals surface area contributed by atoms with E-state index < -0.39 is 219 Å². The number of nitrogens with one attached hydrogen (secondary N) is 5. The molecule has 5 unspecified atom stereocenters. The van der Waals surface area contributed by atoms with Crippen LogP contribution in [0.2, 0.25) is 0 Å². The Hall–Kier alpha value is -6.02. The van der Waals surface area contributed by atoms with E-state index in [1.165, 1.54) is 49.1 Å². The summed E-state index contributed by atoms with van der Waals surface area (Å²) in [5.41, 5.74) is -3.09. The van der Waals surface area contributed by atoms with Gasteiger partial charge in [0.05, 0.1) is 53.1 Å². The molecule has 2 amide bonds. The number of hydrogen-bond acceptors (Lipinski definition) is 25. The third kappa shape index (κ3) is 28.8. The van der Waals surface area contributed by atoms with Gasteiger partial charge in [0.2, 0.25) is 5.91 Å². The summed E-state index contributed by atoms with van der Waals surface area (Å²) in [4.78, 5) is 128. The second-order valence-electron chi connectivity index (χ2n) is 35.0. The van der Waals surface area contributed by atoms with Gasteiger partial charge in [-0.1, -0.05) is 45.4 Å². The van der Waals surface area contributed by atoms with E-state index in [0.717, 1.165) is 43.7 Å². The fraction of sp³-hybridized carbons (Fsp3) is 0.642. The van der Waals surface area contributed by atoms with Gasteiger partial charge in [-0.15, -0.1) is 79.1 Å². The number of amides is 2. The average Bonchev–Trinajstić information content (AvgIpc) is 1.64. The smallest absolute Gasteiger partial charge is 0.330 e. The number of carbonyl (C=O) groups is 2. The first-order valence-corrected chi connectivity index (χ1v) is 55.5. The Bertz CT molecular complexity index is 4870. The SMILES string of the molecule is C=CCCn1cc(C2O[C@H](CCP(=C)(C)C)[C@@H](O)[C@H]2O)c(=O)[nH]c1=O.C=CCn1cc(C2O[C@H](CCP(=C)(C)C)[C@@H](O)[C@H]2O)c(=O)[nH]c1=O.C=P(C)(C)CC[C@H]1OC([C@@H]2C=C(CC)C(=O)NC2=O)[C@H](O)[C@@H]1O.C=P(C)(C)CC[C@H]1OC(c2cn(CCC)c(=O)[nH]c2=O)[C@H](O)[C@@H]1O.C=P(C)(C)CC[C@H]1OC(n2cc(CCC)c(=O)[nH]c2=O)[C@H](O)[C@@H]1O. The molecule has 120 heavy (non-hydrogen) atoms. The van der Waals surface area contributed by atoms with Crippen LogP contribution in [-0.2, 0) is 59.3 Å². The number of H-pyrrole nitrogens is 4. The maximum atomic E-state index is 12.2. The summed E-state index contributed by atoms with van der Waals surface area (Å²) in [5, 5.41) is 105. The lowest BCUT2D eigenvalue weighted by Gasteiger charge is -2.26. The van der Waals surface area contributed by atoms with Gasteiger partial charge in [0.25, 0.3) is 28.1 Å². The van der Waals surface area contributed by atoms with Gasteiger partial charge in [0, 0.05) is 55.6 Å². The van der Waals surface area contributed by atoms with Gasteiger partial charge in [-0.3, -0.25) is 67.7 Å². The number of hydrogen-bond donors (Lipinski definition) is 15. The van der Waals surface area contributed by atoms with Crippen molar-refractivity contribution in [1.82, 2.24) is 43.5 Å². The van der Waals surface area contributed by atoms with Gasteiger partial charge < -0.3 is 79.3 Å². The van der Waals surface area contributed by atoms with Crippen molar-refractivity contribution in [3.05, 3.63) is 167 Å². The Morgan fingerprint density at radius 2 is 0.758 bits per heavy atom. The first-order chi connectivity index (χ1) is 55.7. The minimum atomic E-state index is -1.29. The molecule has 15 N–H and O–H groups in total. The standard InChI is InChI=1S/C17H27N2O5P.C16H27N2O5P.C16H25N2O5P.C16H27N2O5P.C16H26NO5P/c1-5-6-8-19-10-11(16(22)18-17(19)23)15-14(21)13(20)12(24-15)7-9-25(2,3)4;2*1-5-7-18-9-10(15(21)17-16(18)22)14-13(20)12(19)11(23-14)6-8-24(2,3)4;1-5-6-10-9-18(16(22)17-14(10)21)15-13(20)12(19)11(23-15)7-8-24(2,3)4;1-5-9-8-10(16(21)17-15(9)20)14-13(19)12(18)11(22-14)6-7-23(2,3)4/h5,10,12-15,20-21H,1-2,6-9H2,3-4H3,(H,18,22,23);9,11-14,19-20H,2,5-8H2,1,3-4H3,(H,17,21,22);5,9,11-14,19-20H,1-2,6-8H2,3-4H3,(H,17,21,22);9,11-13,15,19-20H,2,5-8H2,1,3-4H3,(H,17,21,22);8,10-14,18-19H,2,5-7H2,1,3-4H3,(H,17,20,21)/t12-,13-,14-,15?;2*11-,12-,13-,14?;11-,12-,13-,15?;10-,11+,12+,13+,14?/m11110/s1. The molecule has 0 aromatic carbocycles.